The van der Waals surface area contributed by atoms with Gasteiger partial charge in [0.1, 0.15) is 5.82 Å². The van der Waals surface area contributed by atoms with Crippen molar-refractivity contribution >= 4 is 11.8 Å². The summed E-state index contributed by atoms with van der Waals surface area (Å²) in [6, 6.07) is 7.67. The standard InChI is InChI=1S/C13H18FNS/c14-13-6-2-1-4-11(13)7-8-15-12-5-3-9-16-10-12/h1-2,4,6,12,15H,3,5,7-10H2. The topological polar surface area (TPSA) is 12.0 Å². The van der Waals surface area contributed by atoms with E-state index in [1.807, 2.05) is 23.9 Å². The summed E-state index contributed by atoms with van der Waals surface area (Å²) in [4.78, 5) is 0. The van der Waals surface area contributed by atoms with Gasteiger partial charge in [0.25, 0.3) is 0 Å². The lowest BCUT2D eigenvalue weighted by Crippen LogP contribution is -2.35. The SMILES string of the molecule is Fc1ccccc1CCNC1CCCSC1. The van der Waals surface area contributed by atoms with E-state index < -0.39 is 0 Å². The van der Waals surface area contributed by atoms with Crippen LogP contribution in [0.15, 0.2) is 24.3 Å². The molecule has 1 nitrogen and oxygen atoms in total. The molecule has 1 N–H and O–H groups in total. The molecule has 0 aliphatic carbocycles. The van der Waals surface area contributed by atoms with Gasteiger partial charge in [-0.05, 0) is 43.2 Å². The average Bonchev–Trinajstić information content (AvgIpc) is 2.33. The lowest BCUT2D eigenvalue weighted by Gasteiger charge is -2.22. The van der Waals surface area contributed by atoms with Crippen LogP contribution in [-0.4, -0.2) is 24.1 Å². The fraction of sp³-hybridized carbons (Fsp3) is 0.538. The van der Waals surface area contributed by atoms with Gasteiger partial charge >= 0.3 is 0 Å². The van der Waals surface area contributed by atoms with E-state index in [4.69, 9.17) is 0 Å². The van der Waals surface area contributed by atoms with Crippen LogP contribution in [0.1, 0.15) is 18.4 Å². The minimum atomic E-state index is -0.0812. The van der Waals surface area contributed by atoms with Crippen molar-refractivity contribution in [3.05, 3.63) is 35.6 Å². The Morgan fingerprint density at radius 2 is 2.25 bits per heavy atom. The minimum Gasteiger partial charge on any atom is -0.313 e. The molecule has 0 radical (unpaired) electrons. The zero-order valence-electron chi connectivity index (χ0n) is 9.42. The van der Waals surface area contributed by atoms with Crippen molar-refractivity contribution in [3.8, 4) is 0 Å². The van der Waals surface area contributed by atoms with Gasteiger partial charge in [-0.1, -0.05) is 18.2 Å². The van der Waals surface area contributed by atoms with Gasteiger partial charge in [0.15, 0.2) is 0 Å². The van der Waals surface area contributed by atoms with E-state index in [-0.39, 0.29) is 5.82 Å². The molecule has 1 aliphatic heterocycles. The van der Waals surface area contributed by atoms with Crippen LogP contribution < -0.4 is 5.32 Å². The Morgan fingerprint density at radius 1 is 1.38 bits per heavy atom. The second-order valence-electron chi connectivity index (χ2n) is 4.21. The maximum atomic E-state index is 13.3. The highest BCUT2D eigenvalue weighted by Gasteiger charge is 2.12. The fourth-order valence-electron chi connectivity index (χ4n) is 2.01. The third kappa shape index (κ3) is 3.49. The molecular weight excluding hydrogens is 221 g/mol. The molecule has 3 heteroatoms. The maximum absolute atomic E-state index is 13.3. The van der Waals surface area contributed by atoms with Gasteiger partial charge in [-0.3, -0.25) is 0 Å². The minimum absolute atomic E-state index is 0.0812. The van der Waals surface area contributed by atoms with Gasteiger partial charge in [-0.15, -0.1) is 0 Å². The van der Waals surface area contributed by atoms with Crippen LogP contribution in [0.5, 0.6) is 0 Å². The third-order valence-corrected chi connectivity index (χ3v) is 4.16. The van der Waals surface area contributed by atoms with Gasteiger partial charge in [-0.25, -0.2) is 4.39 Å². The third-order valence-electron chi connectivity index (χ3n) is 2.95. The first-order valence-electron chi connectivity index (χ1n) is 5.91. The summed E-state index contributed by atoms with van der Waals surface area (Å²) >= 11 is 2.02. The van der Waals surface area contributed by atoms with Crippen molar-refractivity contribution in [2.45, 2.75) is 25.3 Å². The van der Waals surface area contributed by atoms with Crippen molar-refractivity contribution in [3.63, 3.8) is 0 Å². The molecule has 1 aliphatic rings. The summed E-state index contributed by atoms with van der Waals surface area (Å²) < 4.78 is 13.3. The Kier molecular flexibility index (Phi) is 4.67. The van der Waals surface area contributed by atoms with Crippen LogP contribution in [0.4, 0.5) is 4.39 Å². The highest BCUT2D eigenvalue weighted by molar-refractivity contribution is 7.99. The predicted molar refractivity (Wildman–Crippen MR) is 68.5 cm³/mol. The van der Waals surface area contributed by atoms with Gasteiger partial charge in [0.2, 0.25) is 0 Å². The normalized spacial score (nSPS) is 20.9. The van der Waals surface area contributed by atoms with E-state index in [9.17, 15) is 4.39 Å². The average molecular weight is 239 g/mol. The van der Waals surface area contributed by atoms with E-state index >= 15 is 0 Å². The van der Waals surface area contributed by atoms with Crippen molar-refractivity contribution < 1.29 is 4.39 Å². The van der Waals surface area contributed by atoms with Crippen LogP contribution >= 0.6 is 11.8 Å². The number of hydrogen-bond donors (Lipinski definition) is 1. The Balaban J connectivity index is 1.73. The van der Waals surface area contributed by atoms with Crippen molar-refractivity contribution in [2.24, 2.45) is 0 Å². The molecule has 1 unspecified atom stereocenters. The zero-order valence-corrected chi connectivity index (χ0v) is 10.2. The summed E-state index contributed by atoms with van der Waals surface area (Å²) in [6.07, 6.45) is 3.36. The summed E-state index contributed by atoms with van der Waals surface area (Å²) in [5.74, 6) is 2.42. The predicted octanol–water partition coefficient (Wildman–Crippen LogP) is 2.85. The van der Waals surface area contributed by atoms with E-state index in [2.05, 4.69) is 5.32 Å². The van der Waals surface area contributed by atoms with Gasteiger partial charge in [-0.2, -0.15) is 11.8 Å². The molecule has 2 rings (SSSR count). The van der Waals surface area contributed by atoms with E-state index in [0.29, 0.717) is 6.04 Å². The van der Waals surface area contributed by atoms with Gasteiger partial charge < -0.3 is 5.32 Å². The molecule has 0 saturated carbocycles. The van der Waals surface area contributed by atoms with E-state index in [1.54, 1.807) is 6.07 Å². The Bertz CT molecular complexity index is 323. The Hall–Kier alpha value is -0.540. The second kappa shape index (κ2) is 6.26. The quantitative estimate of drug-likeness (QED) is 0.867. The molecule has 1 saturated heterocycles. The summed E-state index contributed by atoms with van der Waals surface area (Å²) in [7, 11) is 0. The Labute approximate surface area is 101 Å². The van der Waals surface area contributed by atoms with Crippen LogP contribution in [-0.2, 0) is 6.42 Å². The number of benzene rings is 1. The highest BCUT2D eigenvalue weighted by atomic mass is 32.2. The molecule has 1 aromatic rings. The molecule has 0 spiro atoms. The molecular formula is C13H18FNS. The van der Waals surface area contributed by atoms with Gasteiger partial charge in [0, 0.05) is 11.8 Å². The molecule has 1 atom stereocenters. The molecule has 1 aromatic carbocycles. The monoisotopic (exact) mass is 239 g/mol. The van der Waals surface area contributed by atoms with Gasteiger partial charge in [0.05, 0.1) is 0 Å². The molecule has 0 aromatic heterocycles. The largest absolute Gasteiger partial charge is 0.313 e. The maximum Gasteiger partial charge on any atom is 0.126 e. The number of halogens is 1. The lowest BCUT2D eigenvalue weighted by molar-refractivity contribution is 0.506. The first kappa shape index (κ1) is 11.9. The Morgan fingerprint density at radius 3 is 3.00 bits per heavy atom. The van der Waals surface area contributed by atoms with Crippen molar-refractivity contribution in [2.75, 3.05) is 18.1 Å². The smallest absolute Gasteiger partial charge is 0.126 e. The van der Waals surface area contributed by atoms with E-state index in [0.717, 1.165) is 18.5 Å². The fourth-order valence-corrected chi connectivity index (χ4v) is 3.12. The highest BCUT2D eigenvalue weighted by Crippen LogP contribution is 2.16. The van der Waals surface area contributed by atoms with Crippen molar-refractivity contribution in [1.29, 1.82) is 0 Å². The number of thioether (sulfide) groups is 1. The zero-order chi connectivity index (χ0) is 11.2. The number of rotatable bonds is 4. The molecule has 0 amide bonds. The summed E-state index contributed by atoms with van der Waals surface area (Å²) in [5, 5.41) is 3.51. The number of hydrogen-bond acceptors (Lipinski definition) is 2. The molecule has 16 heavy (non-hydrogen) atoms. The summed E-state index contributed by atoms with van der Waals surface area (Å²) in [5.41, 5.74) is 0.818. The summed E-state index contributed by atoms with van der Waals surface area (Å²) in [6.45, 7) is 0.881. The first-order valence-corrected chi connectivity index (χ1v) is 7.06. The lowest BCUT2D eigenvalue weighted by atomic mass is 10.1. The first-order chi connectivity index (χ1) is 7.86. The number of nitrogens with one attached hydrogen (secondary N) is 1. The van der Waals surface area contributed by atoms with Crippen LogP contribution in [0, 0.1) is 5.82 Å². The molecule has 1 fully saturated rings. The van der Waals surface area contributed by atoms with Crippen LogP contribution in [0.25, 0.3) is 0 Å². The molecule has 1 heterocycles. The second-order valence-corrected chi connectivity index (χ2v) is 5.36. The molecule has 88 valence electrons. The van der Waals surface area contributed by atoms with E-state index in [1.165, 1.54) is 30.4 Å². The van der Waals surface area contributed by atoms with Crippen LogP contribution in [0.3, 0.4) is 0 Å². The van der Waals surface area contributed by atoms with Crippen LogP contribution in [0.2, 0.25) is 0 Å². The molecule has 0 bridgehead atoms. The van der Waals surface area contributed by atoms with Crippen molar-refractivity contribution in [1.82, 2.24) is 5.32 Å².